The minimum absolute atomic E-state index is 0.196. The summed E-state index contributed by atoms with van der Waals surface area (Å²) in [6, 6.07) is 16.0. The number of rotatable bonds is 6. The van der Waals surface area contributed by atoms with Crippen LogP contribution in [0.2, 0.25) is 0 Å². The van der Waals surface area contributed by atoms with Gasteiger partial charge in [0, 0.05) is 17.0 Å². The SMILES string of the molecule is CN(C)[C@@H](CNc1oc(-c2ccccc2)nc1C#N)c1cccs1. The molecule has 3 rings (SSSR count). The molecule has 2 heterocycles. The molecular weight excluding hydrogens is 320 g/mol. The molecule has 0 saturated heterocycles. The van der Waals surface area contributed by atoms with Crippen LogP contribution in [0.25, 0.3) is 11.5 Å². The molecule has 0 aliphatic carbocycles. The maximum absolute atomic E-state index is 9.32. The highest BCUT2D eigenvalue weighted by atomic mass is 32.1. The average molecular weight is 338 g/mol. The third kappa shape index (κ3) is 3.48. The summed E-state index contributed by atoms with van der Waals surface area (Å²) < 4.78 is 5.78. The molecule has 5 nitrogen and oxygen atoms in total. The summed E-state index contributed by atoms with van der Waals surface area (Å²) in [5, 5.41) is 14.6. The van der Waals surface area contributed by atoms with Gasteiger partial charge < -0.3 is 14.6 Å². The highest BCUT2D eigenvalue weighted by molar-refractivity contribution is 7.10. The second kappa shape index (κ2) is 7.30. The van der Waals surface area contributed by atoms with Gasteiger partial charge in [0.15, 0.2) is 0 Å². The first-order valence-electron chi connectivity index (χ1n) is 7.59. The summed E-state index contributed by atoms with van der Waals surface area (Å²) in [4.78, 5) is 7.68. The van der Waals surface area contributed by atoms with Crippen molar-refractivity contribution in [3.05, 3.63) is 58.4 Å². The normalized spacial score (nSPS) is 12.1. The number of hydrogen-bond acceptors (Lipinski definition) is 6. The Bertz CT molecular complexity index is 819. The van der Waals surface area contributed by atoms with Gasteiger partial charge in [-0.2, -0.15) is 10.2 Å². The van der Waals surface area contributed by atoms with Crippen LogP contribution in [-0.4, -0.2) is 30.5 Å². The van der Waals surface area contributed by atoms with E-state index < -0.39 is 0 Å². The van der Waals surface area contributed by atoms with Crippen LogP contribution in [-0.2, 0) is 0 Å². The van der Waals surface area contributed by atoms with Crippen molar-refractivity contribution in [2.24, 2.45) is 0 Å². The summed E-state index contributed by atoms with van der Waals surface area (Å²) in [5.41, 5.74) is 1.13. The van der Waals surface area contributed by atoms with Crippen molar-refractivity contribution in [3.63, 3.8) is 0 Å². The van der Waals surface area contributed by atoms with Crippen LogP contribution in [0.5, 0.6) is 0 Å². The zero-order valence-electron chi connectivity index (χ0n) is 13.6. The number of hydrogen-bond donors (Lipinski definition) is 1. The lowest BCUT2D eigenvalue weighted by atomic mass is 10.2. The molecule has 3 aromatic rings. The second-order valence-corrected chi connectivity index (χ2v) is 6.53. The third-order valence-electron chi connectivity index (χ3n) is 3.70. The maximum atomic E-state index is 9.32. The van der Waals surface area contributed by atoms with E-state index in [2.05, 4.69) is 32.7 Å². The summed E-state index contributed by atoms with van der Waals surface area (Å²) in [6.07, 6.45) is 0. The monoisotopic (exact) mass is 338 g/mol. The Kier molecular flexibility index (Phi) is 4.94. The van der Waals surface area contributed by atoms with Gasteiger partial charge in [0.2, 0.25) is 17.5 Å². The van der Waals surface area contributed by atoms with Gasteiger partial charge in [-0.05, 0) is 37.7 Å². The zero-order chi connectivity index (χ0) is 16.9. The molecule has 122 valence electrons. The predicted molar refractivity (Wildman–Crippen MR) is 95.9 cm³/mol. The number of nitriles is 1. The lowest BCUT2D eigenvalue weighted by molar-refractivity contribution is 0.315. The molecule has 0 spiro atoms. The van der Waals surface area contributed by atoms with Gasteiger partial charge in [-0.15, -0.1) is 11.3 Å². The topological polar surface area (TPSA) is 65.1 Å². The van der Waals surface area contributed by atoms with Crippen LogP contribution in [0, 0.1) is 11.3 Å². The fourth-order valence-corrected chi connectivity index (χ4v) is 3.35. The van der Waals surface area contributed by atoms with E-state index >= 15 is 0 Å². The van der Waals surface area contributed by atoms with Crippen molar-refractivity contribution in [1.82, 2.24) is 9.88 Å². The van der Waals surface area contributed by atoms with Gasteiger partial charge in [0.05, 0.1) is 6.04 Å². The van der Waals surface area contributed by atoms with Gasteiger partial charge in [0.1, 0.15) is 6.07 Å². The van der Waals surface area contributed by atoms with Gasteiger partial charge in [-0.3, -0.25) is 0 Å². The van der Waals surface area contributed by atoms with E-state index in [9.17, 15) is 5.26 Å². The first-order chi connectivity index (χ1) is 11.7. The van der Waals surface area contributed by atoms with Gasteiger partial charge in [-0.1, -0.05) is 24.3 Å². The highest BCUT2D eigenvalue weighted by Crippen LogP contribution is 2.27. The van der Waals surface area contributed by atoms with Crippen molar-refractivity contribution in [2.75, 3.05) is 26.0 Å². The van der Waals surface area contributed by atoms with Gasteiger partial charge >= 0.3 is 0 Å². The summed E-state index contributed by atoms with van der Waals surface area (Å²) in [7, 11) is 4.07. The molecule has 0 fully saturated rings. The van der Waals surface area contributed by atoms with Crippen molar-refractivity contribution >= 4 is 17.2 Å². The molecule has 1 aromatic carbocycles. The van der Waals surface area contributed by atoms with Crippen molar-refractivity contribution in [2.45, 2.75) is 6.04 Å². The quantitative estimate of drug-likeness (QED) is 0.736. The third-order valence-corrected chi connectivity index (χ3v) is 4.68. The smallest absolute Gasteiger partial charge is 0.232 e. The van der Waals surface area contributed by atoms with E-state index in [1.54, 1.807) is 11.3 Å². The molecule has 24 heavy (non-hydrogen) atoms. The molecule has 0 amide bonds. The molecule has 0 saturated carbocycles. The number of oxazole rings is 1. The van der Waals surface area contributed by atoms with Crippen molar-refractivity contribution in [3.8, 4) is 17.5 Å². The fourth-order valence-electron chi connectivity index (χ4n) is 2.43. The highest BCUT2D eigenvalue weighted by Gasteiger charge is 2.19. The second-order valence-electron chi connectivity index (χ2n) is 5.55. The molecule has 6 heteroatoms. The van der Waals surface area contributed by atoms with Crippen LogP contribution in [0.15, 0.2) is 52.3 Å². The Morgan fingerprint density at radius 3 is 2.67 bits per heavy atom. The number of nitrogens with one attached hydrogen (secondary N) is 1. The molecule has 1 N–H and O–H groups in total. The number of anilines is 1. The molecule has 0 bridgehead atoms. The molecule has 1 atom stereocenters. The molecule has 0 aliphatic rings. The number of nitrogens with zero attached hydrogens (tertiary/aromatic N) is 3. The minimum atomic E-state index is 0.196. The molecule has 0 aliphatic heterocycles. The van der Waals surface area contributed by atoms with E-state index in [0.717, 1.165) is 5.56 Å². The van der Waals surface area contributed by atoms with Crippen LogP contribution >= 0.6 is 11.3 Å². The molecule has 2 aromatic heterocycles. The van der Waals surface area contributed by atoms with E-state index in [0.29, 0.717) is 18.3 Å². The van der Waals surface area contributed by atoms with Crippen molar-refractivity contribution in [1.29, 1.82) is 5.26 Å². The standard InChI is InChI=1S/C18H18N4OS/c1-22(2)15(16-9-6-10-24-16)12-20-18-14(11-19)21-17(23-18)13-7-4-3-5-8-13/h3-10,15,20H,12H2,1-2H3/t15-/m0/s1. The first-order valence-corrected chi connectivity index (χ1v) is 8.47. The Morgan fingerprint density at radius 1 is 1.25 bits per heavy atom. The number of benzene rings is 1. The van der Waals surface area contributed by atoms with E-state index in [4.69, 9.17) is 4.42 Å². The first kappa shape index (κ1) is 16.2. The summed E-state index contributed by atoms with van der Waals surface area (Å²) in [6.45, 7) is 0.631. The predicted octanol–water partition coefficient (Wildman–Crippen LogP) is 3.99. The van der Waals surface area contributed by atoms with Crippen LogP contribution < -0.4 is 5.32 Å². The molecular formula is C18H18N4OS. The van der Waals surface area contributed by atoms with Crippen LogP contribution in [0.3, 0.4) is 0 Å². The van der Waals surface area contributed by atoms with E-state index in [1.807, 2.05) is 50.5 Å². The lowest BCUT2D eigenvalue weighted by Gasteiger charge is -2.23. The molecule has 0 radical (unpaired) electrons. The lowest BCUT2D eigenvalue weighted by Crippen LogP contribution is -2.26. The maximum Gasteiger partial charge on any atom is 0.232 e. The number of aromatic nitrogens is 1. The fraction of sp³-hybridized carbons (Fsp3) is 0.222. The van der Waals surface area contributed by atoms with E-state index in [1.165, 1.54) is 4.88 Å². The number of thiophene rings is 1. The Labute approximate surface area is 145 Å². The Balaban J connectivity index is 1.80. The largest absolute Gasteiger partial charge is 0.419 e. The molecule has 0 unspecified atom stereocenters. The average Bonchev–Trinajstić information content (AvgIpc) is 3.25. The van der Waals surface area contributed by atoms with Crippen molar-refractivity contribution < 1.29 is 4.42 Å². The minimum Gasteiger partial charge on any atom is -0.419 e. The van der Waals surface area contributed by atoms with Gasteiger partial charge in [-0.25, -0.2) is 0 Å². The zero-order valence-corrected chi connectivity index (χ0v) is 14.4. The van der Waals surface area contributed by atoms with Gasteiger partial charge in [0.25, 0.3) is 0 Å². The van der Waals surface area contributed by atoms with Crippen LogP contribution in [0.4, 0.5) is 5.88 Å². The van der Waals surface area contributed by atoms with Crippen LogP contribution in [0.1, 0.15) is 16.6 Å². The Morgan fingerprint density at radius 2 is 2.04 bits per heavy atom. The summed E-state index contributed by atoms with van der Waals surface area (Å²) >= 11 is 1.71. The summed E-state index contributed by atoms with van der Waals surface area (Å²) in [5.74, 6) is 0.868. The van der Waals surface area contributed by atoms with E-state index in [-0.39, 0.29) is 11.7 Å². The number of likely N-dealkylation sites (N-methyl/N-ethyl adjacent to an activating group) is 1. The Hall–Kier alpha value is -2.62.